The first-order valence-corrected chi connectivity index (χ1v) is 8.27. The normalized spacial score (nSPS) is 18.7. The Bertz CT molecular complexity index is 842. The summed E-state index contributed by atoms with van der Waals surface area (Å²) in [6.45, 7) is 0.781. The van der Waals surface area contributed by atoms with Gasteiger partial charge in [-0.25, -0.2) is 14.7 Å². The van der Waals surface area contributed by atoms with Gasteiger partial charge in [0, 0.05) is 24.5 Å². The Labute approximate surface area is 144 Å². The molecule has 25 heavy (non-hydrogen) atoms. The van der Waals surface area contributed by atoms with Crippen LogP contribution in [0.1, 0.15) is 23.3 Å². The Balaban J connectivity index is 1.45. The SMILES string of the molecule is O=C(c1ccc2ccccc2n1)N1CCC(N2C(=O)COC2=O)CC1. The Hall–Kier alpha value is -2.96. The molecular weight excluding hydrogens is 322 g/mol. The third kappa shape index (κ3) is 2.82. The lowest BCUT2D eigenvalue weighted by Crippen LogP contribution is -2.48. The van der Waals surface area contributed by atoms with Crippen molar-refractivity contribution in [1.29, 1.82) is 0 Å². The number of benzene rings is 1. The minimum Gasteiger partial charge on any atom is -0.439 e. The summed E-state index contributed by atoms with van der Waals surface area (Å²) < 4.78 is 4.76. The van der Waals surface area contributed by atoms with Crippen molar-refractivity contribution >= 4 is 28.8 Å². The van der Waals surface area contributed by atoms with Crippen LogP contribution in [0.25, 0.3) is 10.9 Å². The number of amides is 3. The summed E-state index contributed by atoms with van der Waals surface area (Å²) in [4.78, 5) is 43.4. The van der Waals surface area contributed by atoms with E-state index in [0.717, 1.165) is 10.9 Å². The molecule has 0 unspecified atom stereocenters. The van der Waals surface area contributed by atoms with Gasteiger partial charge in [0.15, 0.2) is 6.61 Å². The molecule has 0 spiro atoms. The first-order chi connectivity index (χ1) is 12.1. The molecule has 2 aromatic rings. The van der Waals surface area contributed by atoms with Crippen LogP contribution in [-0.2, 0) is 9.53 Å². The van der Waals surface area contributed by atoms with Crippen LogP contribution in [0.15, 0.2) is 36.4 Å². The van der Waals surface area contributed by atoms with Gasteiger partial charge < -0.3 is 9.64 Å². The van der Waals surface area contributed by atoms with E-state index in [1.165, 1.54) is 4.90 Å². The van der Waals surface area contributed by atoms with Crippen LogP contribution < -0.4 is 0 Å². The number of pyridine rings is 1. The summed E-state index contributed by atoms with van der Waals surface area (Å²) in [6, 6.07) is 11.1. The summed E-state index contributed by atoms with van der Waals surface area (Å²) >= 11 is 0. The molecule has 3 heterocycles. The van der Waals surface area contributed by atoms with Crippen molar-refractivity contribution < 1.29 is 19.1 Å². The number of carbonyl (C=O) groups is 3. The summed E-state index contributed by atoms with van der Waals surface area (Å²) in [5.74, 6) is -0.425. The quantitative estimate of drug-likeness (QED) is 0.834. The predicted octanol–water partition coefficient (Wildman–Crippen LogP) is 1.82. The highest BCUT2D eigenvalue weighted by molar-refractivity contribution is 5.98. The molecule has 0 aliphatic carbocycles. The first kappa shape index (κ1) is 15.6. The van der Waals surface area contributed by atoms with Gasteiger partial charge in [0.2, 0.25) is 0 Å². The monoisotopic (exact) mass is 339 g/mol. The Kier molecular flexibility index (Phi) is 3.83. The number of rotatable bonds is 2. The van der Waals surface area contributed by atoms with E-state index < -0.39 is 6.09 Å². The Morgan fingerprint density at radius 3 is 2.56 bits per heavy atom. The van der Waals surface area contributed by atoms with Crippen molar-refractivity contribution in [2.24, 2.45) is 0 Å². The number of fused-ring (bicyclic) bond motifs is 1. The molecule has 1 aromatic heterocycles. The average molecular weight is 339 g/mol. The molecule has 0 radical (unpaired) electrons. The van der Waals surface area contributed by atoms with Gasteiger partial charge in [-0.3, -0.25) is 9.59 Å². The van der Waals surface area contributed by atoms with Gasteiger partial charge in [0.25, 0.3) is 11.8 Å². The highest BCUT2D eigenvalue weighted by atomic mass is 16.6. The van der Waals surface area contributed by atoms with E-state index in [-0.39, 0.29) is 24.5 Å². The number of likely N-dealkylation sites (tertiary alicyclic amines) is 1. The second-order valence-corrected chi connectivity index (χ2v) is 6.23. The third-order valence-electron chi connectivity index (χ3n) is 4.72. The number of cyclic esters (lactones) is 1. The number of hydrogen-bond acceptors (Lipinski definition) is 5. The lowest BCUT2D eigenvalue weighted by atomic mass is 10.0. The van der Waals surface area contributed by atoms with Crippen LogP contribution in [0.3, 0.4) is 0 Å². The fraction of sp³-hybridized carbons (Fsp3) is 0.333. The largest absolute Gasteiger partial charge is 0.439 e. The second kappa shape index (κ2) is 6.16. The molecule has 0 N–H and O–H groups in total. The maximum absolute atomic E-state index is 12.7. The number of imide groups is 1. The number of carbonyl (C=O) groups excluding carboxylic acids is 3. The van der Waals surface area contributed by atoms with Gasteiger partial charge in [-0.15, -0.1) is 0 Å². The lowest BCUT2D eigenvalue weighted by Gasteiger charge is -2.34. The molecule has 3 amide bonds. The maximum Gasteiger partial charge on any atom is 0.417 e. The molecule has 7 nitrogen and oxygen atoms in total. The maximum atomic E-state index is 12.7. The topological polar surface area (TPSA) is 79.8 Å². The lowest BCUT2D eigenvalue weighted by molar-refractivity contribution is -0.127. The summed E-state index contributed by atoms with van der Waals surface area (Å²) in [5.41, 5.74) is 1.20. The minimum atomic E-state index is -0.578. The van der Waals surface area contributed by atoms with Crippen molar-refractivity contribution in [3.05, 3.63) is 42.1 Å². The highest BCUT2D eigenvalue weighted by Gasteiger charge is 2.39. The van der Waals surface area contributed by atoms with Crippen LogP contribution in [0.5, 0.6) is 0 Å². The smallest absolute Gasteiger partial charge is 0.417 e. The highest BCUT2D eigenvalue weighted by Crippen LogP contribution is 2.22. The number of nitrogens with zero attached hydrogens (tertiary/aromatic N) is 3. The number of hydrogen-bond donors (Lipinski definition) is 0. The van der Waals surface area contributed by atoms with Gasteiger partial charge in [-0.05, 0) is 25.0 Å². The van der Waals surface area contributed by atoms with Crippen molar-refractivity contribution in [3.63, 3.8) is 0 Å². The van der Waals surface area contributed by atoms with Crippen LogP contribution in [0, 0.1) is 0 Å². The number of para-hydroxylation sites is 1. The molecule has 2 aliphatic rings. The van der Waals surface area contributed by atoms with Gasteiger partial charge in [0.05, 0.1) is 5.52 Å². The zero-order valence-corrected chi connectivity index (χ0v) is 13.6. The molecule has 2 fully saturated rings. The molecule has 4 rings (SSSR count). The number of piperidine rings is 1. The van der Waals surface area contributed by atoms with Gasteiger partial charge in [0.1, 0.15) is 5.69 Å². The van der Waals surface area contributed by atoms with E-state index in [1.807, 2.05) is 30.3 Å². The Morgan fingerprint density at radius 2 is 1.84 bits per heavy atom. The molecule has 2 aliphatic heterocycles. The molecule has 128 valence electrons. The minimum absolute atomic E-state index is 0.125. The fourth-order valence-electron chi connectivity index (χ4n) is 3.39. The van der Waals surface area contributed by atoms with Crippen LogP contribution in [0.2, 0.25) is 0 Å². The number of ether oxygens (including phenoxy) is 1. The molecule has 0 atom stereocenters. The van der Waals surface area contributed by atoms with E-state index in [4.69, 9.17) is 4.74 Å². The van der Waals surface area contributed by atoms with Crippen molar-refractivity contribution in [2.45, 2.75) is 18.9 Å². The summed E-state index contributed by atoms with van der Waals surface area (Å²) in [6.07, 6.45) is 0.534. The molecule has 2 saturated heterocycles. The Morgan fingerprint density at radius 1 is 1.08 bits per heavy atom. The fourth-order valence-corrected chi connectivity index (χ4v) is 3.39. The van der Waals surface area contributed by atoms with Crippen molar-refractivity contribution in [3.8, 4) is 0 Å². The van der Waals surface area contributed by atoms with Crippen molar-refractivity contribution in [2.75, 3.05) is 19.7 Å². The first-order valence-electron chi connectivity index (χ1n) is 8.27. The zero-order valence-electron chi connectivity index (χ0n) is 13.6. The van der Waals surface area contributed by atoms with E-state index in [0.29, 0.717) is 31.6 Å². The van der Waals surface area contributed by atoms with E-state index in [2.05, 4.69) is 4.98 Å². The average Bonchev–Trinajstić information content (AvgIpc) is 2.99. The zero-order chi connectivity index (χ0) is 17.4. The molecule has 0 saturated carbocycles. The van der Waals surface area contributed by atoms with Crippen LogP contribution in [0.4, 0.5) is 4.79 Å². The predicted molar refractivity (Wildman–Crippen MR) is 88.9 cm³/mol. The van der Waals surface area contributed by atoms with E-state index >= 15 is 0 Å². The van der Waals surface area contributed by atoms with Gasteiger partial charge >= 0.3 is 6.09 Å². The van der Waals surface area contributed by atoms with E-state index in [9.17, 15) is 14.4 Å². The van der Waals surface area contributed by atoms with Gasteiger partial charge in [-0.2, -0.15) is 0 Å². The van der Waals surface area contributed by atoms with Gasteiger partial charge in [-0.1, -0.05) is 24.3 Å². The summed E-state index contributed by atoms with van der Waals surface area (Å²) in [7, 11) is 0. The summed E-state index contributed by atoms with van der Waals surface area (Å²) in [5, 5.41) is 0.990. The molecule has 7 heteroatoms. The van der Waals surface area contributed by atoms with E-state index in [1.54, 1.807) is 11.0 Å². The van der Waals surface area contributed by atoms with Crippen molar-refractivity contribution in [1.82, 2.24) is 14.8 Å². The standard InChI is InChI=1S/C18H17N3O4/c22-16-11-25-18(24)21(16)13-7-9-20(10-8-13)17(23)15-6-5-12-3-1-2-4-14(12)19-15/h1-6,13H,7-11H2. The van der Waals surface area contributed by atoms with Crippen LogP contribution in [-0.4, -0.2) is 58.4 Å². The molecule has 1 aromatic carbocycles. The third-order valence-corrected chi connectivity index (χ3v) is 4.72. The molecule has 0 bridgehead atoms. The second-order valence-electron chi connectivity index (χ2n) is 6.23. The van der Waals surface area contributed by atoms with Crippen LogP contribution >= 0.6 is 0 Å². The number of aromatic nitrogens is 1. The molecular formula is C18H17N3O4.